The largest absolute Gasteiger partial charge is 0.481 e. The number of carbonyl (C=O) groups is 2. The van der Waals surface area contributed by atoms with E-state index >= 15 is 0 Å². The third kappa shape index (κ3) is 5.11. The first kappa shape index (κ1) is 23.5. The second kappa shape index (κ2) is 10.1. The van der Waals surface area contributed by atoms with Gasteiger partial charge in [0.25, 0.3) is 5.91 Å². The number of halogens is 1. The van der Waals surface area contributed by atoms with Crippen molar-refractivity contribution in [3.05, 3.63) is 95.3 Å². The van der Waals surface area contributed by atoms with E-state index in [2.05, 4.69) is 5.32 Å². The molecule has 0 aromatic heterocycles. The Kier molecular flexibility index (Phi) is 6.96. The average molecular weight is 461 g/mol. The van der Waals surface area contributed by atoms with Crippen LogP contribution in [0.5, 0.6) is 5.75 Å². The number of nitrogens with zero attached hydrogens (tertiary/aromatic N) is 1. The standard InChI is InChI=1S/C28H29FN2O3/c1-18(2)28(33)31-16-15-20-9-14-24(17-25(20)26(31)21-7-5-4-6-8-21)34-19(3)27(32)30-23-12-10-22(29)11-13-23/h4-14,17-19,26H,15-16H2,1-3H3,(H,30,32)/t19-,26+/m1/s1. The summed E-state index contributed by atoms with van der Waals surface area (Å²) in [6.07, 6.45) is -0.00635. The van der Waals surface area contributed by atoms with Crippen molar-refractivity contribution in [3.63, 3.8) is 0 Å². The van der Waals surface area contributed by atoms with Crippen LogP contribution in [0, 0.1) is 11.7 Å². The lowest BCUT2D eigenvalue weighted by atomic mass is 9.87. The molecule has 2 atom stereocenters. The van der Waals surface area contributed by atoms with Gasteiger partial charge in [0.1, 0.15) is 11.6 Å². The number of rotatable bonds is 6. The second-order valence-corrected chi connectivity index (χ2v) is 8.87. The number of fused-ring (bicyclic) bond motifs is 1. The van der Waals surface area contributed by atoms with E-state index in [1.54, 1.807) is 6.92 Å². The molecule has 1 N–H and O–H groups in total. The Labute approximate surface area is 199 Å². The minimum atomic E-state index is -0.768. The van der Waals surface area contributed by atoms with Gasteiger partial charge in [0, 0.05) is 18.2 Å². The summed E-state index contributed by atoms with van der Waals surface area (Å²) in [6, 6.07) is 21.2. The van der Waals surface area contributed by atoms with Gasteiger partial charge in [-0.15, -0.1) is 0 Å². The predicted molar refractivity (Wildman–Crippen MR) is 130 cm³/mol. The molecule has 0 aliphatic carbocycles. The zero-order valence-corrected chi connectivity index (χ0v) is 19.6. The molecule has 0 saturated heterocycles. The third-order valence-electron chi connectivity index (χ3n) is 6.03. The van der Waals surface area contributed by atoms with Gasteiger partial charge < -0.3 is 15.0 Å². The molecule has 34 heavy (non-hydrogen) atoms. The van der Waals surface area contributed by atoms with Crippen molar-refractivity contribution in [2.24, 2.45) is 5.92 Å². The highest BCUT2D eigenvalue weighted by molar-refractivity contribution is 5.94. The molecule has 3 aromatic carbocycles. The number of carbonyl (C=O) groups excluding carboxylic acids is 2. The first-order valence-electron chi connectivity index (χ1n) is 11.5. The maximum Gasteiger partial charge on any atom is 0.265 e. The molecular weight excluding hydrogens is 431 g/mol. The minimum Gasteiger partial charge on any atom is -0.481 e. The molecule has 0 spiro atoms. The molecule has 0 unspecified atom stereocenters. The summed E-state index contributed by atoms with van der Waals surface area (Å²) in [6.45, 7) is 6.16. The fourth-order valence-electron chi connectivity index (χ4n) is 4.27. The molecule has 6 heteroatoms. The van der Waals surface area contributed by atoms with Crippen LogP contribution < -0.4 is 10.1 Å². The lowest BCUT2D eigenvalue weighted by molar-refractivity contribution is -0.136. The lowest BCUT2D eigenvalue weighted by Gasteiger charge is -2.39. The summed E-state index contributed by atoms with van der Waals surface area (Å²) in [4.78, 5) is 27.6. The SMILES string of the molecule is CC(C)C(=O)N1CCc2ccc(O[C@H](C)C(=O)Nc3ccc(F)cc3)cc2[C@@H]1c1ccccc1. The monoisotopic (exact) mass is 460 g/mol. The lowest BCUT2D eigenvalue weighted by Crippen LogP contribution is -2.42. The maximum atomic E-state index is 13.1. The number of hydrogen-bond acceptors (Lipinski definition) is 3. The van der Waals surface area contributed by atoms with E-state index in [1.807, 2.05) is 67.3 Å². The normalized spacial score (nSPS) is 16.0. The molecule has 0 saturated carbocycles. The molecule has 0 bridgehead atoms. The molecule has 0 radical (unpaired) electrons. The Morgan fingerprint density at radius 3 is 2.38 bits per heavy atom. The van der Waals surface area contributed by atoms with Gasteiger partial charge in [0.2, 0.25) is 5.91 Å². The van der Waals surface area contributed by atoms with E-state index in [1.165, 1.54) is 24.3 Å². The van der Waals surface area contributed by atoms with Crippen molar-refractivity contribution in [2.45, 2.75) is 39.3 Å². The molecule has 1 heterocycles. The van der Waals surface area contributed by atoms with Crippen LogP contribution in [0.25, 0.3) is 0 Å². The van der Waals surface area contributed by atoms with Crippen molar-refractivity contribution < 1.29 is 18.7 Å². The van der Waals surface area contributed by atoms with Crippen LogP contribution in [0.4, 0.5) is 10.1 Å². The van der Waals surface area contributed by atoms with Crippen LogP contribution in [0.2, 0.25) is 0 Å². The van der Waals surface area contributed by atoms with E-state index in [4.69, 9.17) is 4.74 Å². The number of anilines is 1. The third-order valence-corrected chi connectivity index (χ3v) is 6.03. The Bertz CT molecular complexity index is 1160. The van der Waals surface area contributed by atoms with Gasteiger partial charge in [0.15, 0.2) is 6.10 Å². The zero-order valence-electron chi connectivity index (χ0n) is 19.6. The Morgan fingerprint density at radius 2 is 1.71 bits per heavy atom. The van der Waals surface area contributed by atoms with E-state index in [0.717, 1.165) is 23.1 Å². The van der Waals surface area contributed by atoms with E-state index in [0.29, 0.717) is 18.0 Å². The van der Waals surface area contributed by atoms with Crippen LogP contribution in [-0.2, 0) is 16.0 Å². The van der Waals surface area contributed by atoms with Crippen molar-refractivity contribution in [3.8, 4) is 5.75 Å². The smallest absolute Gasteiger partial charge is 0.265 e. The summed E-state index contributed by atoms with van der Waals surface area (Å²) >= 11 is 0. The van der Waals surface area contributed by atoms with Crippen LogP contribution in [0.1, 0.15) is 43.5 Å². The highest BCUT2D eigenvalue weighted by atomic mass is 19.1. The highest BCUT2D eigenvalue weighted by Crippen LogP contribution is 2.38. The molecule has 1 aliphatic heterocycles. The number of nitrogens with one attached hydrogen (secondary N) is 1. The molecule has 5 nitrogen and oxygen atoms in total. The Balaban J connectivity index is 1.59. The molecular formula is C28H29FN2O3. The van der Waals surface area contributed by atoms with Gasteiger partial charge in [-0.1, -0.05) is 50.2 Å². The fraction of sp³-hybridized carbons (Fsp3) is 0.286. The van der Waals surface area contributed by atoms with Gasteiger partial charge in [0.05, 0.1) is 6.04 Å². The second-order valence-electron chi connectivity index (χ2n) is 8.87. The van der Waals surface area contributed by atoms with Crippen LogP contribution in [0.3, 0.4) is 0 Å². The van der Waals surface area contributed by atoms with Crippen molar-refractivity contribution in [1.82, 2.24) is 4.90 Å². The van der Waals surface area contributed by atoms with Crippen LogP contribution in [-0.4, -0.2) is 29.4 Å². The summed E-state index contributed by atoms with van der Waals surface area (Å²) in [5.41, 5.74) is 3.71. The van der Waals surface area contributed by atoms with Crippen LogP contribution >= 0.6 is 0 Å². The molecule has 0 fully saturated rings. The number of hydrogen-bond donors (Lipinski definition) is 1. The number of amides is 2. The number of ether oxygens (including phenoxy) is 1. The average Bonchev–Trinajstić information content (AvgIpc) is 2.84. The van der Waals surface area contributed by atoms with Crippen molar-refractivity contribution in [1.29, 1.82) is 0 Å². The number of benzene rings is 3. The van der Waals surface area contributed by atoms with Gasteiger partial charge in [-0.25, -0.2) is 4.39 Å². The highest BCUT2D eigenvalue weighted by Gasteiger charge is 2.33. The minimum absolute atomic E-state index is 0.109. The molecule has 4 rings (SSSR count). The predicted octanol–water partition coefficient (Wildman–Crippen LogP) is 5.36. The van der Waals surface area contributed by atoms with Crippen LogP contribution in [0.15, 0.2) is 72.8 Å². The van der Waals surface area contributed by atoms with E-state index in [-0.39, 0.29) is 29.6 Å². The van der Waals surface area contributed by atoms with E-state index < -0.39 is 6.10 Å². The Hall–Kier alpha value is -3.67. The molecule has 3 aromatic rings. The topological polar surface area (TPSA) is 58.6 Å². The summed E-state index contributed by atoms with van der Waals surface area (Å²) in [7, 11) is 0. The first-order chi connectivity index (χ1) is 16.3. The van der Waals surface area contributed by atoms with E-state index in [9.17, 15) is 14.0 Å². The first-order valence-corrected chi connectivity index (χ1v) is 11.5. The van der Waals surface area contributed by atoms with Crippen molar-refractivity contribution >= 4 is 17.5 Å². The van der Waals surface area contributed by atoms with Crippen molar-refractivity contribution in [2.75, 3.05) is 11.9 Å². The summed E-state index contributed by atoms with van der Waals surface area (Å²) < 4.78 is 19.1. The summed E-state index contributed by atoms with van der Waals surface area (Å²) in [5, 5.41) is 2.74. The zero-order chi connectivity index (χ0) is 24.2. The van der Waals surface area contributed by atoms with Gasteiger partial charge in [-0.3, -0.25) is 9.59 Å². The Morgan fingerprint density at radius 1 is 1.00 bits per heavy atom. The summed E-state index contributed by atoms with van der Waals surface area (Å²) in [5.74, 6) is -0.143. The maximum absolute atomic E-state index is 13.1. The quantitative estimate of drug-likeness (QED) is 0.539. The van der Waals surface area contributed by atoms with Gasteiger partial charge >= 0.3 is 0 Å². The fourth-order valence-corrected chi connectivity index (χ4v) is 4.27. The molecule has 176 valence electrons. The van der Waals surface area contributed by atoms with Gasteiger partial charge in [-0.2, -0.15) is 0 Å². The van der Waals surface area contributed by atoms with Gasteiger partial charge in [-0.05, 0) is 66.4 Å². The molecule has 2 amide bonds. The molecule has 1 aliphatic rings.